The van der Waals surface area contributed by atoms with Crippen LogP contribution in [0, 0.1) is 17.7 Å². The van der Waals surface area contributed by atoms with Crippen molar-refractivity contribution in [2.24, 2.45) is 0 Å². The van der Waals surface area contributed by atoms with Gasteiger partial charge in [-0.2, -0.15) is 0 Å². The maximum absolute atomic E-state index is 13.3. The van der Waals surface area contributed by atoms with E-state index in [0.717, 1.165) is 0 Å². The Bertz CT molecular complexity index is 613. The lowest BCUT2D eigenvalue weighted by Crippen LogP contribution is -1.96. The number of hydrogen-bond acceptors (Lipinski definition) is 1. The molecule has 2 nitrogen and oxygen atoms in total. The Kier molecular flexibility index (Phi) is 5.31. The zero-order chi connectivity index (χ0) is 14.3. The highest BCUT2D eigenvalue weighted by Crippen LogP contribution is 2.05. The third-order valence-corrected chi connectivity index (χ3v) is 2.25. The SMILES string of the molecule is C=C/C(=C\C=C(/C)C#Cc1ccccc1F)C(=O)O. The van der Waals surface area contributed by atoms with E-state index in [1.54, 1.807) is 31.2 Å². The fraction of sp³-hybridized carbons (Fsp3) is 0.0625. The van der Waals surface area contributed by atoms with Gasteiger partial charge in [-0.3, -0.25) is 0 Å². The number of aliphatic carboxylic acids is 1. The number of benzene rings is 1. The molecule has 1 rings (SSSR count). The second-order valence-electron chi connectivity index (χ2n) is 3.71. The van der Waals surface area contributed by atoms with Crippen molar-refractivity contribution in [3.63, 3.8) is 0 Å². The molecule has 0 fully saturated rings. The highest BCUT2D eigenvalue weighted by molar-refractivity contribution is 5.90. The molecule has 0 aliphatic rings. The normalized spacial score (nSPS) is 11.5. The first-order valence-electron chi connectivity index (χ1n) is 5.55. The molecule has 0 amide bonds. The summed E-state index contributed by atoms with van der Waals surface area (Å²) in [5.74, 6) is 4.01. The molecule has 0 spiro atoms. The van der Waals surface area contributed by atoms with E-state index in [2.05, 4.69) is 18.4 Å². The van der Waals surface area contributed by atoms with Gasteiger partial charge in [0.05, 0.1) is 11.1 Å². The lowest BCUT2D eigenvalue weighted by atomic mass is 10.1. The van der Waals surface area contributed by atoms with Crippen molar-refractivity contribution in [3.8, 4) is 11.8 Å². The molecule has 0 saturated heterocycles. The Morgan fingerprint density at radius 3 is 2.63 bits per heavy atom. The van der Waals surface area contributed by atoms with Crippen LogP contribution in [0.15, 0.2) is 60.2 Å². The quantitative estimate of drug-likeness (QED) is 0.511. The molecular formula is C16H13FO2. The zero-order valence-electron chi connectivity index (χ0n) is 10.5. The van der Waals surface area contributed by atoms with E-state index in [4.69, 9.17) is 5.11 Å². The van der Waals surface area contributed by atoms with Gasteiger partial charge in [0.25, 0.3) is 0 Å². The summed E-state index contributed by atoms with van der Waals surface area (Å²) in [6, 6.07) is 6.21. The fourth-order valence-electron chi connectivity index (χ4n) is 1.21. The first-order valence-corrected chi connectivity index (χ1v) is 5.55. The summed E-state index contributed by atoms with van der Waals surface area (Å²) in [5.41, 5.74) is 1.01. The third-order valence-electron chi connectivity index (χ3n) is 2.25. The highest BCUT2D eigenvalue weighted by Gasteiger charge is 1.99. The number of rotatable bonds is 3. The van der Waals surface area contributed by atoms with Gasteiger partial charge in [-0.05, 0) is 30.7 Å². The van der Waals surface area contributed by atoms with Crippen molar-refractivity contribution < 1.29 is 14.3 Å². The predicted octanol–water partition coefficient (Wildman–Crippen LogP) is 3.32. The zero-order valence-corrected chi connectivity index (χ0v) is 10.5. The Balaban J connectivity index is 2.93. The summed E-state index contributed by atoms with van der Waals surface area (Å²) < 4.78 is 13.3. The minimum absolute atomic E-state index is 0.0760. The molecule has 0 heterocycles. The van der Waals surface area contributed by atoms with Crippen molar-refractivity contribution in [2.45, 2.75) is 6.92 Å². The molecular weight excluding hydrogens is 243 g/mol. The molecule has 0 aliphatic carbocycles. The number of carboxylic acid groups (broad SMARTS) is 1. The van der Waals surface area contributed by atoms with Gasteiger partial charge in [0.15, 0.2) is 0 Å². The van der Waals surface area contributed by atoms with Crippen molar-refractivity contribution in [3.05, 3.63) is 71.6 Å². The Morgan fingerprint density at radius 2 is 2.05 bits per heavy atom. The van der Waals surface area contributed by atoms with E-state index >= 15 is 0 Å². The van der Waals surface area contributed by atoms with Crippen LogP contribution in [0.25, 0.3) is 0 Å². The number of hydrogen-bond donors (Lipinski definition) is 1. The first kappa shape index (κ1) is 14.5. The smallest absolute Gasteiger partial charge is 0.335 e. The maximum atomic E-state index is 13.3. The van der Waals surface area contributed by atoms with Gasteiger partial charge < -0.3 is 5.11 Å². The third kappa shape index (κ3) is 4.64. The molecule has 0 aliphatic heterocycles. The van der Waals surface area contributed by atoms with Crippen LogP contribution < -0.4 is 0 Å². The molecule has 1 aromatic carbocycles. The van der Waals surface area contributed by atoms with Gasteiger partial charge in [0.2, 0.25) is 0 Å². The Morgan fingerprint density at radius 1 is 1.37 bits per heavy atom. The topological polar surface area (TPSA) is 37.3 Å². The summed E-state index contributed by atoms with van der Waals surface area (Å²) in [7, 11) is 0. The number of halogens is 1. The minimum atomic E-state index is -1.05. The van der Waals surface area contributed by atoms with Gasteiger partial charge in [-0.1, -0.05) is 42.7 Å². The van der Waals surface area contributed by atoms with E-state index in [9.17, 15) is 9.18 Å². The van der Waals surface area contributed by atoms with Crippen LogP contribution >= 0.6 is 0 Å². The van der Waals surface area contributed by atoms with Crippen LogP contribution in [0.4, 0.5) is 4.39 Å². The van der Waals surface area contributed by atoms with Gasteiger partial charge in [-0.25, -0.2) is 9.18 Å². The Hall–Kier alpha value is -2.60. The van der Waals surface area contributed by atoms with E-state index in [-0.39, 0.29) is 11.4 Å². The van der Waals surface area contributed by atoms with Gasteiger partial charge in [0, 0.05) is 0 Å². The predicted molar refractivity (Wildman–Crippen MR) is 73.0 cm³/mol. The van der Waals surface area contributed by atoms with Crippen LogP contribution in [0.2, 0.25) is 0 Å². The van der Waals surface area contributed by atoms with E-state index < -0.39 is 5.97 Å². The molecule has 19 heavy (non-hydrogen) atoms. The average Bonchev–Trinajstić information content (AvgIpc) is 2.38. The Labute approximate surface area is 111 Å². The van der Waals surface area contributed by atoms with Crippen LogP contribution in [0.1, 0.15) is 12.5 Å². The summed E-state index contributed by atoms with van der Waals surface area (Å²) in [4.78, 5) is 10.7. The molecule has 0 bridgehead atoms. The van der Waals surface area contributed by atoms with Crippen LogP contribution in [0.3, 0.4) is 0 Å². The molecule has 0 saturated carbocycles. The van der Waals surface area contributed by atoms with E-state index in [0.29, 0.717) is 11.1 Å². The van der Waals surface area contributed by atoms with E-state index in [1.807, 2.05) is 0 Å². The minimum Gasteiger partial charge on any atom is -0.478 e. The highest BCUT2D eigenvalue weighted by atomic mass is 19.1. The van der Waals surface area contributed by atoms with Crippen molar-refractivity contribution in [1.82, 2.24) is 0 Å². The molecule has 1 aromatic rings. The van der Waals surface area contributed by atoms with Crippen LogP contribution in [0.5, 0.6) is 0 Å². The van der Waals surface area contributed by atoms with Crippen LogP contribution in [-0.4, -0.2) is 11.1 Å². The van der Waals surface area contributed by atoms with Crippen molar-refractivity contribution in [2.75, 3.05) is 0 Å². The summed E-state index contributed by atoms with van der Waals surface area (Å²) in [6.45, 7) is 5.12. The van der Waals surface area contributed by atoms with Crippen molar-refractivity contribution >= 4 is 5.97 Å². The number of carbonyl (C=O) groups is 1. The second kappa shape index (κ2) is 6.97. The molecule has 96 valence electrons. The molecule has 0 atom stereocenters. The lowest BCUT2D eigenvalue weighted by molar-refractivity contribution is -0.132. The molecule has 1 N–H and O–H groups in total. The van der Waals surface area contributed by atoms with Gasteiger partial charge in [0.1, 0.15) is 5.82 Å². The maximum Gasteiger partial charge on any atom is 0.335 e. The standard InChI is InChI=1S/C16H13FO2/c1-3-13(16(18)19)10-8-12(2)9-11-14-6-4-5-7-15(14)17/h3-8,10H,1H2,2H3,(H,18,19)/b12-8+,13-10+. The monoisotopic (exact) mass is 256 g/mol. The van der Waals surface area contributed by atoms with Crippen LogP contribution in [-0.2, 0) is 4.79 Å². The average molecular weight is 256 g/mol. The number of allylic oxidation sites excluding steroid dienone is 3. The van der Waals surface area contributed by atoms with Gasteiger partial charge in [-0.15, -0.1) is 0 Å². The van der Waals surface area contributed by atoms with Crippen molar-refractivity contribution in [1.29, 1.82) is 0 Å². The molecule has 0 unspecified atom stereocenters. The number of carboxylic acids is 1. The summed E-state index contributed by atoms with van der Waals surface area (Å²) in [6.07, 6.45) is 4.20. The summed E-state index contributed by atoms with van der Waals surface area (Å²) in [5, 5.41) is 8.78. The largest absolute Gasteiger partial charge is 0.478 e. The fourth-order valence-corrected chi connectivity index (χ4v) is 1.21. The second-order valence-corrected chi connectivity index (χ2v) is 3.71. The lowest BCUT2D eigenvalue weighted by Gasteiger charge is -1.92. The molecule has 0 aromatic heterocycles. The van der Waals surface area contributed by atoms with E-state index in [1.165, 1.54) is 18.2 Å². The van der Waals surface area contributed by atoms with Gasteiger partial charge >= 0.3 is 5.97 Å². The summed E-state index contributed by atoms with van der Waals surface area (Å²) >= 11 is 0. The first-order chi connectivity index (χ1) is 9.04. The molecule has 3 heteroatoms. The molecule has 0 radical (unpaired) electrons.